The Morgan fingerprint density at radius 2 is 2.00 bits per heavy atom. The maximum Gasteiger partial charge on any atom is 0.337 e. The Bertz CT molecular complexity index is 676. The number of aryl methyl sites for hydroxylation is 1. The fraction of sp³-hybridized carbons (Fsp3) is 0.0769. The Labute approximate surface area is 112 Å². The summed E-state index contributed by atoms with van der Waals surface area (Å²) in [7, 11) is 0. The van der Waals surface area contributed by atoms with Gasteiger partial charge in [-0.15, -0.1) is 0 Å². The lowest BCUT2D eigenvalue weighted by molar-refractivity contribution is 0.0696. The average Bonchev–Trinajstić information content (AvgIpc) is 2.30. The predicted molar refractivity (Wildman–Crippen MR) is 71.4 cm³/mol. The minimum atomic E-state index is -1.06. The third-order valence-corrected chi connectivity index (χ3v) is 3.07. The Morgan fingerprint density at radius 3 is 2.61 bits per heavy atom. The Hall–Kier alpha value is -1.88. The minimum absolute atomic E-state index is 0.0805. The molecule has 1 heterocycles. The highest BCUT2D eigenvalue weighted by Crippen LogP contribution is 2.18. The standard InChI is InChI=1S/C13H10BrNO3/c1-8-6-10(14)3-4-11(8)15-7-9(13(17)18)2-5-12(15)16/h2-7H,1H3,(H,17,18). The molecule has 1 aromatic carbocycles. The van der Waals surface area contributed by atoms with Crippen molar-refractivity contribution in [2.24, 2.45) is 0 Å². The number of benzene rings is 1. The SMILES string of the molecule is Cc1cc(Br)ccc1-n1cc(C(=O)O)ccc1=O. The Balaban J connectivity index is 2.66. The molecule has 18 heavy (non-hydrogen) atoms. The number of carboxylic acid groups (broad SMARTS) is 1. The largest absolute Gasteiger partial charge is 0.478 e. The van der Waals surface area contributed by atoms with Crippen LogP contribution in [0.2, 0.25) is 0 Å². The summed E-state index contributed by atoms with van der Waals surface area (Å²) in [6.07, 6.45) is 1.33. The van der Waals surface area contributed by atoms with Crippen LogP contribution in [-0.4, -0.2) is 15.6 Å². The van der Waals surface area contributed by atoms with E-state index in [0.29, 0.717) is 5.69 Å². The van der Waals surface area contributed by atoms with Gasteiger partial charge in [-0.2, -0.15) is 0 Å². The van der Waals surface area contributed by atoms with Gasteiger partial charge in [0.2, 0.25) is 0 Å². The molecular formula is C13H10BrNO3. The molecule has 92 valence electrons. The van der Waals surface area contributed by atoms with E-state index in [0.717, 1.165) is 10.0 Å². The minimum Gasteiger partial charge on any atom is -0.478 e. The number of hydrogen-bond donors (Lipinski definition) is 1. The summed E-state index contributed by atoms with van der Waals surface area (Å²) >= 11 is 3.34. The number of carbonyl (C=O) groups is 1. The van der Waals surface area contributed by atoms with Gasteiger partial charge in [0.05, 0.1) is 11.3 Å². The number of pyridine rings is 1. The summed E-state index contributed by atoms with van der Waals surface area (Å²) in [5.74, 6) is -1.06. The summed E-state index contributed by atoms with van der Waals surface area (Å²) in [4.78, 5) is 22.7. The van der Waals surface area contributed by atoms with Gasteiger partial charge in [0.25, 0.3) is 5.56 Å². The maximum absolute atomic E-state index is 11.8. The van der Waals surface area contributed by atoms with Crippen molar-refractivity contribution in [2.45, 2.75) is 6.92 Å². The Morgan fingerprint density at radius 1 is 1.28 bits per heavy atom. The molecule has 2 aromatic rings. The van der Waals surface area contributed by atoms with Crippen molar-refractivity contribution >= 4 is 21.9 Å². The number of carboxylic acids is 1. The first-order chi connectivity index (χ1) is 8.49. The zero-order valence-corrected chi connectivity index (χ0v) is 11.1. The molecule has 5 heteroatoms. The van der Waals surface area contributed by atoms with Crippen molar-refractivity contribution in [1.82, 2.24) is 4.57 Å². The van der Waals surface area contributed by atoms with Crippen molar-refractivity contribution in [3.63, 3.8) is 0 Å². The van der Waals surface area contributed by atoms with E-state index in [-0.39, 0.29) is 11.1 Å². The van der Waals surface area contributed by atoms with Gasteiger partial charge in [-0.3, -0.25) is 9.36 Å². The number of aromatic nitrogens is 1. The van der Waals surface area contributed by atoms with Gasteiger partial charge in [0.1, 0.15) is 0 Å². The quantitative estimate of drug-likeness (QED) is 0.927. The summed E-state index contributed by atoms with van der Waals surface area (Å²) in [5.41, 5.74) is 1.38. The number of nitrogens with zero attached hydrogens (tertiary/aromatic N) is 1. The highest BCUT2D eigenvalue weighted by Gasteiger charge is 2.08. The summed E-state index contributed by atoms with van der Waals surface area (Å²) < 4.78 is 2.25. The predicted octanol–water partition coefficient (Wildman–Crippen LogP) is 2.61. The van der Waals surface area contributed by atoms with E-state index >= 15 is 0 Å². The smallest absolute Gasteiger partial charge is 0.337 e. The van der Waals surface area contributed by atoms with Crippen LogP contribution < -0.4 is 5.56 Å². The molecule has 0 fully saturated rings. The fourth-order valence-electron chi connectivity index (χ4n) is 1.69. The number of rotatable bonds is 2. The van der Waals surface area contributed by atoms with Crippen LogP contribution in [0, 0.1) is 6.92 Å². The lowest BCUT2D eigenvalue weighted by atomic mass is 10.2. The lowest BCUT2D eigenvalue weighted by Crippen LogP contribution is -2.19. The molecule has 0 aliphatic heterocycles. The molecule has 4 nitrogen and oxygen atoms in total. The lowest BCUT2D eigenvalue weighted by Gasteiger charge is -2.10. The van der Waals surface area contributed by atoms with Crippen molar-refractivity contribution < 1.29 is 9.90 Å². The van der Waals surface area contributed by atoms with Crippen LogP contribution in [0.1, 0.15) is 15.9 Å². The zero-order chi connectivity index (χ0) is 13.3. The number of aromatic carboxylic acids is 1. The summed E-state index contributed by atoms with van der Waals surface area (Å²) in [6, 6.07) is 8.00. The van der Waals surface area contributed by atoms with Crippen molar-refractivity contribution in [1.29, 1.82) is 0 Å². The van der Waals surface area contributed by atoms with E-state index in [2.05, 4.69) is 15.9 Å². The topological polar surface area (TPSA) is 59.3 Å². The third kappa shape index (κ3) is 2.36. The molecule has 0 amide bonds. The highest BCUT2D eigenvalue weighted by atomic mass is 79.9. The van der Waals surface area contributed by atoms with E-state index in [9.17, 15) is 9.59 Å². The normalized spacial score (nSPS) is 10.3. The number of hydrogen-bond acceptors (Lipinski definition) is 2. The summed E-state index contributed by atoms with van der Waals surface area (Å²) in [6.45, 7) is 1.86. The molecule has 0 saturated carbocycles. The second-order valence-electron chi connectivity index (χ2n) is 3.86. The molecule has 0 bridgehead atoms. The van der Waals surface area contributed by atoms with Gasteiger partial charge in [-0.25, -0.2) is 4.79 Å². The molecule has 1 N–H and O–H groups in total. The molecule has 0 unspecified atom stereocenters. The highest BCUT2D eigenvalue weighted by molar-refractivity contribution is 9.10. The molecule has 0 atom stereocenters. The van der Waals surface area contributed by atoms with E-state index in [4.69, 9.17) is 5.11 Å². The fourth-order valence-corrected chi connectivity index (χ4v) is 2.17. The monoisotopic (exact) mass is 307 g/mol. The van der Waals surface area contributed by atoms with Gasteiger partial charge in [-0.1, -0.05) is 15.9 Å². The van der Waals surface area contributed by atoms with E-state index in [1.54, 1.807) is 6.07 Å². The molecule has 1 aromatic heterocycles. The molecule has 0 aliphatic carbocycles. The summed E-state index contributed by atoms with van der Waals surface area (Å²) in [5, 5.41) is 8.94. The van der Waals surface area contributed by atoms with Crippen LogP contribution in [0.3, 0.4) is 0 Å². The molecule has 0 saturated heterocycles. The molecular weight excluding hydrogens is 298 g/mol. The molecule has 0 spiro atoms. The average molecular weight is 308 g/mol. The number of halogens is 1. The molecule has 0 radical (unpaired) electrons. The molecule has 0 aliphatic rings. The second-order valence-corrected chi connectivity index (χ2v) is 4.78. The van der Waals surface area contributed by atoms with E-state index in [1.807, 2.05) is 19.1 Å². The van der Waals surface area contributed by atoms with Crippen LogP contribution in [-0.2, 0) is 0 Å². The van der Waals surface area contributed by atoms with Crippen LogP contribution in [0.15, 0.2) is 45.8 Å². The van der Waals surface area contributed by atoms with E-state index < -0.39 is 5.97 Å². The van der Waals surface area contributed by atoms with Crippen molar-refractivity contribution in [3.8, 4) is 5.69 Å². The zero-order valence-electron chi connectivity index (χ0n) is 9.55. The van der Waals surface area contributed by atoms with Crippen LogP contribution in [0.5, 0.6) is 0 Å². The van der Waals surface area contributed by atoms with E-state index in [1.165, 1.54) is 22.9 Å². The van der Waals surface area contributed by atoms with Crippen molar-refractivity contribution in [3.05, 3.63) is 62.5 Å². The molecule has 2 rings (SSSR count). The Kier molecular flexibility index (Phi) is 3.34. The van der Waals surface area contributed by atoms with Crippen LogP contribution in [0.25, 0.3) is 5.69 Å². The van der Waals surface area contributed by atoms with Gasteiger partial charge >= 0.3 is 5.97 Å². The van der Waals surface area contributed by atoms with Gasteiger partial charge < -0.3 is 5.11 Å². The maximum atomic E-state index is 11.8. The third-order valence-electron chi connectivity index (χ3n) is 2.58. The first-order valence-corrected chi connectivity index (χ1v) is 6.01. The van der Waals surface area contributed by atoms with Gasteiger partial charge in [-0.05, 0) is 36.8 Å². The second kappa shape index (κ2) is 4.78. The van der Waals surface area contributed by atoms with Crippen LogP contribution in [0.4, 0.5) is 0 Å². The van der Waals surface area contributed by atoms with Crippen LogP contribution >= 0.6 is 15.9 Å². The van der Waals surface area contributed by atoms with Gasteiger partial charge in [0, 0.05) is 16.7 Å². The first kappa shape index (κ1) is 12.6. The first-order valence-electron chi connectivity index (χ1n) is 5.21. The van der Waals surface area contributed by atoms with Crippen molar-refractivity contribution in [2.75, 3.05) is 0 Å². The van der Waals surface area contributed by atoms with Gasteiger partial charge in [0.15, 0.2) is 0 Å².